The number of carbonyl (C=O) groups excluding carboxylic acids is 1. The van der Waals surface area contributed by atoms with Crippen LogP contribution in [0.15, 0.2) is 30.6 Å². The molecule has 3 N–H and O–H groups in total. The molecule has 0 radical (unpaired) electrons. The highest BCUT2D eigenvalue weighted by atomic mass is 35.5. The zero-order valence-corrected chi connectivity index (χ0v) is 19.6. The van der Waals surface area contributed by atoms with E-state index in [9.17, 15) is 4.79 Å². The molecule has 4 rings (SSSR count). The monoisotopic (exact) mass is 456 g/mol. The van der Waals surface area contributed by atoms with Crippen molar-refractivity contribution in [1.82, 2.24) is 35.3 Å². The molecule has 3 aromatic rings. The first kappa shape index (κ1) is 22.3. The number of aromatic nitrogens is 4. The molecule has 1 unspecified atom stereocenters. The summed E-state index contributed by atoms with van der Waals surface area (Å²) < 4.78 is 1.97. The number of benzene rings is 1. The lowest BCUT2D eigenvalue weighted by molar-refractivity contribution is 0.100. The van der Waals surface area contributed by atoms with E-state index < -0.39 is 0 Å². The molecule has 1 saturated heterocycles. The minimum absolute atomic E-state index is 0.195. The van der Waals surface area contributed by atoms with Crippen molar-refractivity contribution in [3.8, 4) is 0 Å². The summed E-state index contributed by atoms with van der Waals surface area (Å²) in [5, 5.41) is 8.60. The van der Waals surface area contributed by atoms with Crippen molar-refractivity contribution in [2.45, 2.75) is 58.7 Å². The molecule has 2 aromatic heterocycles. The Bertz CT molecular complexity index is 1120. The maximum Gasteiger partial charge on any atom is 0.332 e. The van der Waals surface area contributed by atoms with Crippen molar-refractivity contribution < 1.29 is 4.79 Å². The first-order valence-electron chi connectivity index (χ1n) is 10.9. The van der Waals surface area contributed by atoms with Gasteiger partial charge in [0.25, 0.3) is 0 Å². The Balaban J connectivity index is 1.76. The molecule has 2 amide bonds. The van der Waals surface area contributed by atoms with E-state index in [0.29, 0.717) is 22.2 Å². The smallest absolute Gasteiger partial charge is 0.332 e. The van der Waals surface area contributed by atoms with Crippen LogP contribution in [0.5, 0.6) is 0 Å². The molecule has 0 bridgehead atoms. The second-order valence-electron chi connectivity index (χ2n) is 8.88. The summed E-state index contributed by atoms with van der Waals surface area (Å²) in [6.45, 7) is 9.35. The van der Waals surface area contributed by atoms with E-state index in [4.69, 9.17) is 21.6 Å². The molecule has 1 aliphatic heterocycles. The fraction of sp³-hybridized carbons (Fsp3) is 0.455. The Hall–Kier alpha value is -2.91. The van der Waals surface area contributed by atoms with Gasteiger partial charge in [-0.2, -0.15) is 0 Å². The minimum Gasteiger partial charge on any atom is -0.338 e. The van der Waals surface area contributed by atoms with Crippen LogP contribution in [0.25, 0.3) is 11.2 Å². The summed E-state index contributed by atoms with van der Waals surface area (Å²) in [6.07, 6.45) is 3.43. The highest BCUT2D eigenvalue weighted by Gasteiger charge is 2.33. The third-order valence-corrected chi connectivity index (χ3v) is 5.39. The van der Waals surface area contributed by atoms with Crippen LogP contribution in [-0.2, 0) is 6.54 Å². The van der Waals surface area contributed by atoms with Gasteiger partial charge in [0.1, 0.15) is 6.04 Å². The zero-order chi connectivity index (χ0) is 22.9. The van der Waals surface area contributed by atoms with Crippen LogP contribution in [0.1, 0.15) is 52.4 Å². The average molecular weight is 457 g/mol. The normalized spacial score (nSPS) is 16.9. The quantitative estimate of drug-likeness (QED) is 0.538. The Kier molecular flexibility index (Phi) is 6.21. The fourth-order valence-electron chi connectivity index (χ4n) is 3.70. The molecule has 10 heteroatoms. The van der Waals surface area contributed by atoms with E-state index in [1.807, 2.05) is 56.5 Å². The lowest BCUT2D eigenvalue weighted by Crippen LogP contribution is -2.56. The van der Waals surface area contributed by atoms with Crippen molar-refractivity contribution >= 4 is 40.3 Å². The SMILES string of the molecule is CCn1cnc2c(Nc3cccc(Cl)c3)nc(C3CCCNN3C(=O)NC(C)(C)C)nc21. The number of hydrogen-bond donors (Lipinski definition) is 3. The van der Waals surface area contributed by atoms with Gasteiger partial charge in [-0.05, 0) is 58.7 Å². The van der Waals surface area contributed by atoms with Crippen LogP contribution >= 0.6 is 11.6 Å². The molecule has 32 heavy (non-hydrogen) atoms. The Morgan fingerprint density at radius 3 is 2.84 bits per heavy atom. The zero-order valence-electron chi connectivity index (χ0n) is 18.8. The third kappa shape index (κ3) is 4.78. The molecule has 3 heterocycles. The van der Waals surface area contributed by atoms with Crippen LogP contribution in [0, 0.1) is 0 Å². The maximum atomic E-state index is 13.0. The van der Waals surface area contributed by atoms with Crippen molar-refractivity contribution in [3.05, 3.63) is 41.4 Å². The van der Waals surface area contributed by atoms with Gasteiger partial charge in [-0.1, -0.05) is 17.7 Å². The van der Waals surface area contributed by atoms with Crippen LogP contribution in [-0.4, -0.2) is 42.6 Å². The van der Waals surface area contributed by atoms with Gasteiger partial charge in [0.2, 0.25) is 0 Å². The Labute approximate surface area is 192 Å². The second-order valence-corrected chi connectivity index (χ2v) is 9.32. The number of imidazole rings is 1. The predicted octanol–water partition coefficient (Wildman–Crippen LogP) is 4.39. The van der Waals surface area contributed by atoms with Crippen molar-refractivity contribution in [2.75, 3.05) is 11.9 Å². The number of hydrogen-bond acceptors (Lipinski definition) is 6. The maximum absolute atomic E-state index is 13.0. The minimum atomic E-state index is -0.355. The Morgan fingerprint density at radius 2 is 2.12 bits per heavy atom. The summed E-state index contributed by atoms with van der Waals surface area (Å²) in [6, 6.07) is 6.94. The van der Waals surface area contributed by atoms with Crippen LogP contribution in [0.2, 0.25) is 5.02 Å². The number of anilines is 2. The molecule has 1 fully saturated rings. The highest BCUT2D eigenvalue weighted by Crippen LogP contribution is 2.30. The van der Waals surface area contributed by atoms with E-state index in [-0.39, 0.29) is 17.6 Å². The molecule has 0 spiro atoms. The lowest BCUT2D eigenvalue weighted by atomic mass is 10.1. The number of amides is 2. The molecular formula is C22H29ClN8O. The summed E-state index contributed by atoms with van der Waals surface area (Å²) in [7, 11) is 0. The number of rotatable bonds is 4. The van der Waals surface area contributed by atoms with Crippen LogP contribution in [0.3, 0.4) is 0 Å². The fourth-order valence-corrected chi connectivity index (χ4v) is 3.90. The van der Waals surface area contributed by atoms with E-state index in [0.717, 1.165) is 37.3 Å². The first-order chi connectivity index (χ1) is 15.2. The second kappa shape index (κ2) is 8.91. The van der Waals surface area contributed by atoms with E-state index in [1.54, 1.807) is 11.3 Å². The van der Waals surface area contributed by atoms with Gasteiger partial charge in [0.05, 0.1) is 6.33 Å². The third-order valence-electron chi connectivity index (χ3n) is 5.16. The number of nitrogens with one attached hydrogen (secondary N) is 3. The molecule has 1 aliphatic rings. The number of halogens is 1. The first-order valence-corrected chi connectivity index (χ1v) is 11.2. The van der Waals surface area contributed by atoms with Gasteiger partial charge in [-0.25, -0.2) is 30.2 Å². The van der Waals surface area contributed by atoms with Crippen molar-refractivity contribution in [2.24, 2.45) is 0 Å². The number of aryl methyl sites for hydroxylation is 1. The molecule has 9 nitrogen and oxygen atoms in total. The summed E-state index contributed by atoms with van der Waals surface area (Å²) in [5.41, 5.74) is 5.06. The standard InChI is InChI=1S/C22H29ClN8O/c1-5-30-13-24-17-19(26-15-9-6-8-14(23)12-15)27-18(28-20(17)30)16-10-7-11-25-31(16)21(32)29-22(2,3)4/h6,8-9,12-13,16,25H,5,7,10-11H2,1-4H3,(H,29,32)(H,26,27,28). The molecule has 1 atom stereocenters. The molecule has 170 valence electrons. The largest absolute Gasteiger partial charge is 0.338 e. The topological polar surface area (TPSA) is 100 Å². The average Bonchev–Trinajstić information content (AvgIpc) is 3.16. The summed E-state index contributed by atoms with van der Waals surface area (Å²) in [5.74, 6) is 1.15. The number of carbonyl (C=O) groups is 1. The number of urea groups is 1. The number of nitrogens with zero attached hydrogens (tertiary/aromatic N) is 5. The van der Waals surface area contributed by atoms with Crippen LogP contribution < -0.4 is 16.1 Å². The molecular weight excluding hydrogens is 428 g/mol. The summed E-state index contributed by atoms with van der Waals surface area (Å²) >= 11 is 6.16. The van der Waals surface area contributed by atoms with E-state index in [2.05, 4.69) is 21.0 Å². The highest BCUT2D eigenvalue weighted by molar-refractivity contribution is 6.30. The van der Waals surface area contributed by atoms with Gasteiger partial charge in [-0.3, -0.25) is 0 Å². The number of fused-ring (bicyclic) bond motifs is 1. The van der Waals surface area contributed by atoms with E-state index in [1.165, 1.54) is 0 Å². The van der Waals surface area contributed by atoms with Gasteiger partial charge in [0.15, 0.2) is 22.8 Å². The van der Waals surface area contributed by atoms with Gasteiger partial charge in [-0.15, -0.1) is 0 Å². The van der Waals surface area contributed by atoms with Crippen molar-refractivity contribution in [1.29, 1.82) is 0 Å². The van der Waals surface area contributed by atoms with Gasteiger partial charge >= 0.3 is 6.03 Å². The molecule has 0 aliphatic carbocycles. The van der Waals surface area contributed by atoms with Crippen LogP contribution in [0.4, 0.5) is 16.3 Å². The van der Waals surface area contributed by atoms with E-state index >= 15 is 0 Å². The predicted molar refractivity (Wildman–Crippen MR) is 126 cm³/mol. The van der Waals surface area contributed by atoms with Gasteiger partial charge in [0, 0.05) is 29.3 Å². The lowest BCUT2D eigenvalue weighted by Gasteiger charge is -2.37. The number of hydrazine groups is 1. The van der Waals surface area contributed by atoms with Crippen molar-refractivity contribution in [3.63, 3.8) is 0 Å². The van der Waals surface area contributed by atoms with Gasteiger partial charge < -0.3 is 15.2 Å². The molecule has 1 aromatic carbocycles. The summed E-state index contributed by atoms with van der Waals surface area (Å²) in [4.78, 5) is 27.2. The molecule has 0 saturated carbocycles. The Morgan fingerprint density at radius 1 is 1.31 bits per heavy atom.